The first-order valence-electron chi connectivity index (χ1n) is 4.60. The van der Waals surface area contributed by atoms with Crippen LogP contribution in [-0.4, -0.2) is 44.5 Å². The van der Waals surface area contributed by atoms with Gasteiger partial charge in [-0.3, -0.25) is 4.79 Å². The Morgan fingerprint density at radius 3 is 2.67 bits per heavy atom. The first-order valence-corrected chi connectivity index (χ1v) is 4.60. The van der Waals surface area contributed by atoms with Crippen LogP contribution in [0.5, 0.6) is 0 Å². The van der Waals surface area contributed by atoms with Crippen molar-refractivity contribution in [3.63, 3.8) is 0 Å². The molecule has 1 fully saturated rings. The van der Waals surface area contributed by atoms with Crippen LogP contribution in [0.3, 0.4) is 0 Å². The summed E-state index contributed by atoms with van der Waals surface area (Å²) in [7, 11) is 0. The highest BCUT2D eigenvalue weighted by molar-refractivity contribution is 5.84. The SMILES string of the molecule is CC(=O)N1CC(n2cnc(C(=O)O)c2)C1. The van der Waals surface area contributed by atoms with E-state index in [1.807, 2.05) is 0 Å². The highest BCUT2D eigenvalue weighted by atomic mass is 16.4. The predicted molar refractivity (Wildman–Crippen MR) is 50.5 cm³/mol. The molecular weight excluding hydrogens is 198 g/mol. The van der Waals surface area contributed by atoms with Crippen LogP contribution in [0.15, 0.2) is 12.5 Å². The fourth-order valence-electron chi connectivity index (χ4n) is 1.55. The Labute approximate surface area is 86.1 Å². The average molecular weight is 209 g/mol. The van der Waals surface area contributed by atoms with Crippen molar-refractivity contribution in [2.75, 3.05) is 13.1 Å². The van der Waals surface area contributed by atoms with Gasteiger partial charge in [0.2, 0.25) is 5.91 Å². The molecule has 1 N–H and O–H groups in total. The van der Waals surface area contributed by atoms with Crippen molar-refractivity contribution in [1.29, 1.82) is 0 Å². The number of aromatic carboxylic acids is 1. The van der Waals surface area contributed by atoms with Crippen molar-refractivity contribution in [1.82, 2.24) is 14.5 Å². The van der Waals surface area contributed by atoms with Gasteiger partial charge < -0.3 is 14.6 Å². The molecule has 15 heavy (non-hydrogen) atoms. The van der Waals surface area contributed by atoms with Crippen LogP contribution >= 0.6 is 0 Å². The second kappa shape index (κ2) is 3.38. The maximum absolute atomic E-state index is 10.9. The van der Waals surface area contributed by atoms with E-state index in [9.17, 15) is 9.59 Å². The van der Waals surface area contributed by atoms with E-state index in [1.165, 1.54) is 19.4 Å². The molecule has 6 heteroatoms. The summed E-state index contributed by atoms with van der Waals surface area (Å²) >= 11 is 0. The van der Waals surface area contributed by atoms with E-state index in [4.69, 9.17) is 5.11 Å². The van der Waals surface area contributed by atoms with E-state index in [0.717, 1.165) is 0 Å². The van der Waals surface area contributed by atoms with Gasteiger partial charge in [-0.1, -0.05) is 0 Å². The number of nitrogens with zero attached hydrogens (tertiary/aromatic N) is 3. The smallest absolute Gasteiger partial charge is 0.356 e. The summed E-state index contributed by atoms with van der Waals surface area (Å²) in [4.78, 5) is 26.9. The zero-order chi connectivity index (χ0) is 11.0. The van der Waals surface area contributed by atoms with Gasteiger partial charge in [-0.25, -0.2) is 9.78 Å². The molecule has 0 unspecified atom stereocenters. The van der Waals surface area contributed by atoms with Gasteiger partial charge in [0.1, 0.15) is 0 Å². The van der Waals surface area contributed by atoms with Crippen molar-refractivity contribution in [3.8, 4) is 0 Å². The van der Waals surface area contributed by atoms with Gasteiger partial charge in [-0.05, 0) is 0 Å². The Hall–Kier alpha value is -1.85. The molecule has 2 heterocycles. The Morgan fingerprint density at radius 1 is 1.53 bits per heavy atom. The Balaban J connectivity index is 2.01. The summed E-state index contributed by atoms with van der Waals surface area (Å²) < 4.78 is 1.74. The standard InChI is InChI=1S/C9H11N3O3/c1-6(13)11-2-7(3-11)12-4-8(9(14)15)10-5-12/h4-5,7H,2-3H2,1H3,(H,14,15). The quantitative estimate of drug-likeness (QED) is 0.743. The van der Waals surface area contributed by atoms with Gasteiger partial charge in [0, 0.05) is 26.2 Å². The van der Waals surface area contributed by atoms with Crippen molar-refractivity contribution >= 4 is 11.9 Å². The normalized spacial score (nSPS) is 16.2. The molecule has 80 valence electrons. The predicted octanol–water partition coefficient (Wildman–Crippen LogP) is -0.0155. The molecule has 1 aromatic heterocycles. The Bertz CT molecular complexity index is 406. The second-order valence-corrected chi connectivity index (χ2v) is 3.59. The minimum absolute atomic E-state index is 0.0382. The highest BCUT2D eigenvalue weighted by Gasteiger charge is 2.30. The number of imidazole rings is 1. The Morgan fingerprint density at radius 2 is 2.20 bits per heavy atom. The van der Waals surface area contributed by atoms with Crippen LogP contribution in [0.2, 0.25) is 0 Å². The minimum atomic E-state index is -1.03. The Kier molecular flexibility index (Phi) is 2.18. The number of aromatic nitrogens is 2. The molecule has 1 aliphatic rings. The summed E-state index contributed by atoms with van der Waals surface area (Å²) in [6.07, 6.45) is 2.98. The number of carboxylic acid groups (broad SMARTS) is 1. The number of rotatable bonds is 2. The van der Waals surface area contributed by atoms with Gasteiger partial charge in [0.05, 0.1) is 12.4 Å². The fraction of sp³-hybridized carbons (Fsp3) is 0.444. The first kappa shape index (κ1) is 9.70. The summed E-state index contributed by atoms with van der Waals surface area (Å²) in [5.41, 5.74) is 0.0382. The molecule has 1 amide bonds. The molecule has 2 rings (SSSR count). The van der Waals surface area contributed by atoms with Crippen LogP contribution in [0, 0.1) is 0 Å². The van der Waals surface area contributed by atoms with Crippen LogP contribution < -0.4 is 0 Å². The van der Waals surface area contributed by atoms with E-state index in [2.05, 4.69) is 4.98 Å². The lowest BCUT2D eigenvalue weighted by Gasteiger charge is -2.39. The molecule has 0 bridgehead atoms. The summed E-state index contributed by atoms with van der Waals surface area (Å²) in [6, 6.07) is 0.162. The number of carboxylic acids is 1. The third kappa shape index (κ3) is 1.70. The molecule has 0 spiro atoms. The van der Waals surface area contributed by atoms with E-state index in [0.29, 0.717) is 13.1 Å². The number of hydrogen-bond donors (Lipinski definition) is 1. The van der Waals surface area contributed by atoms with E-state index < -0.39 is 5.97 Å². The molecule has 1 saturated heterocycles. The zero-order valence-electron chi connectivity index (χ0n) is 8.25. The maximum atomic E-state index is 10.9. The van der Waals surface area contributed by atoms with Crippen molar-refractivity contribution < 1.29 is 14.7 Å². The van der Waals surface area contributed by atoms with Crippen LogP contribution in [-0.2, 0) is 4.79 Å². The van der Waals surface area contributed by atoms with Gasteiger partial charge in [0.15, 0.2) is 5.69 Å². The highest BCUT2D eigenvalue weighted by Crippen LogP contribution is 2.21. The number of likely N-dealkylation sites (tertiary alicyclic amines) is 1. The summed E-state index contributed by atoms with van der Waals surface area (Å²) in [5, 5.41) is 8.67. The van der Waals surface area contributed by atoms with Crippen LogP contribution in [0.25, 0.3) is 0 Å². The molecular formula is C9H11N3O3. The van der Waals surface area contributed by atoms with Crippen molar-refractivity contribution in [2.24, 2.45) is 0 Å². The number of carbonyl (C=O) groups is 2. The molecule has 0 saturated carbocycles. The number of hydrogen-bond acceptors (Lipinski definition) is 3. The lowest BCUT2D eigenvalue weighted by molar-refractivity contribution is -0.134. The lowest BCUT2D eigenvalue weighted by Crippen LogP contribution is -2.49. The molecule has 0 aliphatic carbocycles. The van der Waals surface area contributed by atoms with Gasteiger partial charge in [0.25, 0.3) is 0 Å². The maximum Gasteiger partial charge on any atom is 0.356 e. The van der Waals surface area contributed by atoms with Gasteiger partial charge >= 0.3 is 5.97 Å². The molecule has 0 atom stereocenters. The summed E-state index contributed by atoms with van der Waals surface area (Å²) in [5.74, 6) is -0.985. The monoisotopic (exact) mass is 209 g/mol. The summed E-state index contributed by atoms with van der Waals surface area (Å²) in [6.45, 7) is 2.78. The number of carbonyl (C=O) groups excluding carboxylic acids is 1. The minimum Gasteiger partial charge on any atom is -0.476 e. The van der Waals surface area contributed by atoms with E-state index in [1.54, 1.807) is 9.47 Å². The molecule has 1 aromatic rings. The molecule has 0 aromatic carbocycles. The van der Waals surface area contributed by atoms with Gasteiger partial charge in [-0.15, -0.1) is 0 Å². The topological polar surface area (TPSA) is 75.4 Å². The largest absolute Gasteiger partial charge is 0.476 e. The average Bonchev–Trinajstić information content (AvgIpc) is 2.49. The van der Waals surface area contributed by atoms with Gasteiger partial charge in [-0.2, -0.15) is 0 Å². The van der Waals surface area contributed by atoms with Crippen molar-refractivity contribution in [2.45, 2.75) is 13.0 Å². The lowest BCUT2D eigenvalue weighted by atomic mass is 10.1. The van der Waals surface area contributed by atoms with Crippen LogP contribution in [0.1, 0.15) is 23.5 Å². The van der Waals surface area contributed by atoms with Crippen molar-refractivity contribution in [3.05, 3.63) is 18.2 Å². The van der Waals surface area contributed by atoms with E-state index >= 15 is 0 Å². The van der Waals surface area contributed by atoms with E-state index in [-0.39, 0.29) is 17.6 Å². The zero-order valence-corrected chi connectivity index (χ0v) is 8.25. The third-order valence-electron chi connectivity index (χ3n) is 2.55. The molecule has 0 radical (unpaired) electrons. The third-order valence-corrected chi connectivity index (χ3v) is 2.55. The molecule has 1 aliphatic heterocycles. The first-order chi connectivity index (χ1) is 7.08. The molecule has 6 nitrogen and oxygen atoms in total. The fourth-order valence-corrected chi connectivity index (χ4v) is 1.55. The van der Waals surface area contributed by atoms with Crippen LogP contribution in [0.4, 0.5) is 0 Å². The number of amides is 1. The second-order valence-electron chi connectivity index (χ2n) is 3.59.